The molecule has 0 atom stereocenters. The number of imidazole rings is 1. The fraction of sp³-hybridized carbons (Fsp3) is 0.182. The number of rotatable bonds is 2. The van der Waals surface area contributed by atoms with Crippen LogP contribution in [0.4, 0.5) is 5.82 Å². The van der Waals surface area contributed by atoms with Crippen LogP contribution in [0.1, 0.15) is 0 Å². The highest BCUT2D eigenvalue weighted by molar-refractivity contribution is 5.69. The average molecular weight is 228 g/mol. The van der Waals surface area contributed by atoms with Crippen molar-refractivity contribution in [1.29, 1.82) is 0 Å². The lowest BCUT2D eigenvalue weighted by atomic mass is 10.3. The zero-order valence-corrected chi connectivity index (χ0v) is 9.62. The molecule has 0 bridgehead atoms. The summed E-state index contributed by atoms with van der Waals surface area (Å²) in [4.78, 5) is 8.60. The van der Waals surface area contributed by atoms with Gasteiger partial charge >= 0.3 is 0 Å². The van der Waals surface area contributed by atoms with Gasteiger partial charge in [-0.15, -0.1) is 0 Å². The van der Waals surface area contributed by atoms with E-state index in [0.717, 1.165) is 22.7 Å². The monoisotopic (exact) mass is 228 g/mol. The van der Waals surface area contributed by atoms with Gasteiger partial charge < -0.3 is 5.32 Å². The average Bonchev–Trinajstić information content (AvgIpc) is 2.94. The molecule has 6 nitrogen and oxygen atoms in total. The molecule has 86 valence electrons. The summed E-state index contributed by atoms with van der Waals surface area (Å²) < 4.78 is 3.77. The van der Waals surface area contributed by atoms with Crippen LogP contribution in [-0.2, 0) is 7.05 Å². The molecule has 0 saturated heterocycles. The molecular formula is C11H12N6. The van der Waals surface area contributed by atoms with Crippen LogP contribution < -0.4 is 5.32 Å². The Morgan fingerprint density at radius 2 is 2.12 bits per heavy atom. The van der Waals surface area contributed by atoms with Crippen molar-refractivity contribution in [2.24, 2.45) is 7.05 Å². The highest BCUT2D eigenvalue weighted by atomic mass is 15.2. The Morgan fingerprint density at radius 3 is 2.82 bits per heavy atom. The van der Waals surface area contributed by atoms with Gasteiger partial charge in [0.15, 0.2) is 11.5 Å². The van der Waals surface area contributed by atoms with Crippen molar-refractivity contribution < 1.29 is 0 Å². The van der Waals surface area contributed by atoms with Crippen LogP contribution in [-0.4, -0.2) is 31.2 Å². The second kappa shape index (κ2) is 3.58. The predicted octanol–water partition coefficient (Wildman–Crippen LogP) is 1.17. The minimum absolute atomic E-state index is 0.766. The van der Waals surface area contributed by atoms with Crippen LogP contribution in [0.25, 0.3) is 16.9 Å². The molecule has 0 amide bonds. The molecule has 0 aromatic carbocycles. The Hall–Kier alpha value is -2.37. The SMILES string of the molecule is CNc1nccn2c(-c3cnn(C)c3)cnc12. The molecule has 6 heteroatoms. The van der Waals surface area contributed by atoms with Gasteiger partial charge in [0, 0.05) is 38.2 Å². The van der Waals surface area contributed by atoms with Gasteiger partial charge in [0.2, 0.25) is 0 Å². The molecule has 3 heterocycles. The smallest absolute Gasteiger partial charge is 0.180 e. The van der Waals surface area contributed by atoms with E-state index in [1.165, 1.54) is 0 Å². The number of nitrogens with zero attached hydrogens (tertiary/aromatic N) is 5. The number of hydrogen-bond acceptors (Lipinski definition) is 4. The first-order chi connectivity index (χ1) is 8.29. The Labute approximate surface area is 97.9 Å². The Bertz CT molecular complexity index is 665. The highest BCUT2D eigenvalue weighted by Crippen LogP contribution is 2.22. The number of aromatic nitrogens is 5. The van der Waals surface area contributed by atoms with E-state index in [1.807, 2.05) is 43.3 Å². The highest BCUT2D eigenvalue weighted by Gasteiger charge is 2.10. The third-order valence-electron chi connectivity index (χ3n) is 2.67. The van der Waals surface area contributed by atoms with Gasteiger partial charge in [0.25, 0.3) is 0 Å². The van der Waals surface area contributed by atoms with E-state index in [4.69, 9.17) is 0 Å². The van der Waals surface area contributed by atoms with Gasteiger partial charge in [-0.25, -0.2) is 9.97 Å². The lowest BCUT2D eigenvalue weighted by Gasteiger charge is -2.02. The minimum Gasteiger partial charge on any atom is -0.370 e. The number of hydrogen-bond donors (Lipinski definition) is 1. The van der Waals surface area contributed by atoms with E-state index in [9.17, 15) is 0 Å². The lowest BCUT2D eigenvalue weighted by molar-refractivity contribution is 0.768. The number of aryl methyl sites for hydroxylation is 1. The quantitative estimate of drug-likeness (QED) is 0.715. The van der Waals surface area contributed by atoms with Crippen LogP contribution in [0.3, 0.4) is 0 Å². The first-order valence-corrected chi connectivity index (χ1v) is 5.28. The second-order valence-electron chi connectivity index (χ2n) is 3.77. The van der Waals surface area contributed by atoms with Crippen LogP contribution >= 0.6 is 0 Å². The van der Waals surface area contributed by atoms with Gasteiger partial charge in [-0.05, 0) is 0 Å². The van der Waals surface area contributed by atoms with Crippen LogP contribution in [0.2, 0.25) is 0 Å². The van der Waals surface area contributed by atoms with E-state index in [0.29, 0.717) is 0 Å². The Morgan fingerprint density at radius 1 is 1.24 bits per heavy atom. The molecule has 0 saturated carbocycles. The maximum Gasteiger partial charge on any atom is 0.180 e. The first-order valence-electron chi connectivity index (χ1n) is 5.28. The maximum absolute atomic E-state index is 4.38. The summed E-state index contributed by atoms with van der Waals surface area (Å²) in [6.07, 6.45) is 9.26. The van der Waals surface area contributed by atoms with Crippen molar-refractivity contribution in [2.75, 3.05) is 12.4 Å². The molecule has 0 spiro atoms. The molecule has 0 radical (unpaired) electrons. The van der Waals surface area contributed by atoms with Crippen LogP contribution in [0.15, 0.2) is 31.0 Å². The van der Waals surface area contributed by atoms with Crippen molar-refractivity contribution in [3.8, 4) is 11.3 Å². The molecule has 1 N–H and O–H groups in total. The number of fused-ring (bicyclic) bond motifs is 1. The summed E-state index contributed by atoms with van der Waals surface area (Å²) in [5.41, 5.74) is 2.86. The molecule has 3 rings (SSSR count). The lowest BCUT2D eigenvalue weighted by Crippen LogP contribution is -1.97. The summed E-state index contributed by atoms with van der Waals surface area (Å²) >= 11 is 0. The second-order valence-corrected chi connectivity index (χ2v) is 3.77. The van der Waals surface area contributed by atoms with E-state index in [-0.39, 0.29) is 0 Å². The molecule has 0 fully saturated rings. The van der Waals surface area contributed by atoms with E-state index in [2.05, 4.69) is 20.4 Å². The summed E-state index contributed by atoms with van der Waals surface area (Å²) in [5.74, 6) is 0.766. The van der Waals surface area contributed by atoms with Crippen LogP contribution in [0, 0.1) is 0 Å². The summed E-state index contributed by atoms with van der Waals surface area (Å²) in [6.45, 7) is 0. The van der Waals surface area contributed by atoms with Crippen LogP contribution in [0.5, 0.6) is 0 Å². The van der Waals surface area contributed by atoms with Gasteiger partial charge in [-0.3, -0.25) is 9.08 Å². The third-order valence-corrected chi connectivity index (χ3v) is 2.67. The number of nitrogens with one attached hydrogen (secondary N) is 1. The topological polar surface area (TPSA) is 60.0 Å². The molecule has 0 aliphatic heterocycles. The van der Waals surface area contributed by atoms with E-state index >= 15 is 0 Å². The summed E-state index contributed by atoms with van der Waals surface area (Å²) in [5, 5.41) is 7.19. The van der Waals surface area contributed by atoms with Crippen molar-refractivity contribution in [2.45, 2.75) is 0 Å². The molecule has 3 aromatic heterocycles. The fourth-order valence-corrected chi connectivity index (χ4v) is 1.86. The fourth-order valence-electron chi connectivity index (χ4n) is 1.86. The molecule has 17 heavy (non-hydrogen) atoms. The van der Waals surface area contributed by atoms with Gasteiger partial charge in [0.1, 0.15) is 0 Å². The van der Waals surface area contributed by atoms with Crippen molar-refractivity contribution in [1.82, 2.24) is 24.1 Å². The standard InChI is InChI=1S/C11H12N6/c1-12-10-11-14-6-9(17(11)4-3-13-10)8-5-15-16(2)7-8/h3-7H,1-2H3,(H,12,13). The largest absolute Gasteiger partial charge is 0.370 e. The molecule has 3 aromatic rings. The third kappa shape index (κ3) is 1.45. The first kappa shape index (κ1) is 9.83. The Kier molecular flexibility index (Phi) is 2.07. The van der Waals surface area contributed by atoms with Crippen molar-refractivity contribution >= 4 is 11.5 Å². The Balaban J connectivity index is 2.25. The molecule has 0 aliphatic rings. The van der Waals surface area contributed by atoms with E-state index in [1.54, 1.807) is 10.9 Å². The van der Waals surface area contributed by atoms with Crippen molar-refractivity contribution in [3.05, 3.63) is 31.0 Å². The zero-order chi connectivity index (χ0) is 11.8. The van der Waals surface area contributed by atoms with Gasteiger partial charge in [-0.1, -0.05) is 0 Å². The van der Waals surface area contributed by atoms with E-state index < -0.39 is 0 Å². The maximum atomic E-state index is 4.38. The van der Waals surface area contributed by atoms with Gasteiger partial charge in [-0.2, -0.15) is 5.10 Å². The molecular weight excluding hydrogens is 216 g/mol. The van der Waals surface area contributed by atoms with Gasteiger partial charge in [0.05, 0.1) is 18.1 Å². The minimum atomic E-state index is 0.766. The predicted molar refractivity (Wildman–Crippen MR) is 64.7 cm³/mol. The summed E-state index contributed by atoms with van der Waals surface area (Å²) in [7, 11) is 3.73. The summed E-state index contributed by atoms with van der Waals surface area (Å²) in [6, 6.07) is 0. The number of anilines is 1. The molecule has 0 aliphatic carbocycles. The zero-order valence-electron chi connectivity index (χ0n) is 9.62. The normalized spacial score (nSPS) is 10.9. The van der Waals surface area contributed by atoms with Crippen molar-refractivity contribution in [3.63, 3.8) is 0 Å². The molecule has 0 unspecified atom stereocenters.